The lowest BCUT2D eigenvalue weighted by atomic mass is 9.98. The van der Waals surface area contributed by atoms with Gasteiger partial charge in [-0.15, -0.1) is 0 Å². The second-order valence-electron chi connectivity index (χ2n) is 6.46. The Kier molecular flexibility index (Phi) is 3.83. The molecule has 3 heterocycles. The summed E-state index contributed by atoms with van der Waals surface area (Å²) in [4.78, 5) is 9.57. The Morgan fingerprint density at radius 3 is 2.74 bits per heavy atom. The lowest BCUT2D eigenvalue weighted by Gasteiger charge is -2.23. The summed E-state index contributed by atoms with van der Waals surface area (Å²) in [5.74, 6) is 1.73. The van der Waals surface area contributed by atoms with Gasteiger partial charge in [0.05, 0.1) is 0 Å². The van der Waals surface area contributed by atoms with Crippen molar-refractivity contribution >= 4 is 11.2 Å². The second-order valence-corrected chi connectivity index (χ2v) is 6.46. The normalized spacial score (nSPS) is 16.0. The van der Waals surface area contributed by atoms with Gasteiger partial charge in [0.1, 0.15) is 11.3 Å². The highest BCUT2D eigenvalue weighted by atomic mass is 15.1. The zero-order valence-electron chi connectivity index (χ0n) is 13.5. The van der Waals surface area contributed by atoms with Gasteiger partial charge in [0.2, 0.25) is 0 Å². The molecule has 23 heavy (non-hydrogen) atoms. The first kappa shape index (κ1) is 14.4. The van der Waals surface area contributed by atoms with Crippen LogP contribution >= 0.6 is 0 Å². The van der Waals surface area contributed by atoms with E-state index in [4.69, 9.17) is 4.98 Å². The van der Waals surface area contributed by atoms with E-state index in [9.17, 15) is 0 Å². The lowest BCUT2D eigenvalue weighted by Crippen LogP contribution is -2.30. The highest BCUT2D eigenvalue weighted by Gasteiger charge is 2.19. The number of imidazole rings is 1. The number of fused-ring (bicyclic) bond motifs is 1. The first-order valence-corrected chi connectivity index (χ1v) is 8.40. The fraction of sp³-hybridized carbons (Fsp3) is 0.368. The van der Waals surface area contributed by atoms with E-state index in [1.807, 2.05) is 12.3 Å². The molecule has 0 bridgehead atoms. The van der Waals surface area contributed by atoms with Crippen molar-refractivity contribution in [1.82, 2.24) is 19.9 Å². The molecule has 1 aliphatic heterocycles. The van der Waals surface area contributed by atoms with Crippen LogP contribution in [0.15, 0.2) is 42.6 Å². The van der Waals surface area contributed by atoms with E-state index < -0.39 is 0 Å². The van der Waals surface area contributed by atoms with Crippen molar-refractivity contribution in [2.75, 3.05) is 13.1 Å². The lowest BCUT2D eigenvalue weighted by molar-refractivity contribution is 0.337. The fourth-order valence-electron chi connectivity index (χ4n) is 3.41. The van der Waals surface area contributed by atoms with Crippen molar-refractivity contribution < 1.29 is 0 Å². The number of nitrogens with zero attached hydrogens (tertiary/aromatic N) is 3. The number of piperidine rings is 1. The summed E-state index contributed by atoms with van der Waals surface area (Å²) in [6, 6.07) is 12.6. The maximum Gasteiger partial charge on any atom is 0.160 e. The highest BCUT2D eigenvalue weighted by molar-refractivity contribution is 5.77. The summed E-state index contributed by atoms with van der Waals surface area (Å²) in [5.41, 5.74) is 4.33. The molecule has 4 heteroatoms. The van der Waals surface area contributed by atoms with Gasteiger partial charge in [0.15, 0.2) is 5.65 Å². The van der Waals surface area contributed by atoms with Gasteiger partial charge in [-0.2, -0.15) is 0 Å². The van der Waals surface area contributed by atoms with Crippen LogP contribution < -0.4 is 5.32 Å². The zero-order valence-corrected chi connectivity index (χ0v) is 13.5. The largest absolute Gasteiger partial charge is 0.317 e. The number of benzene rings is 1. The molecule has 0 spiro atoms. The first-order chi connectivity index (χ1) is 11.3. The molecule has 1 aliphatic rings. The maximum absolute atomic E-state index is 4.89. The minimum atomic E-state index is 0.694. The topological polar surface area (TPSA) is 42.7 Å². The van der Waals surface area contributed by atoms with Crippen molar-refractivity contribution in [3.63, 3.8) is 0 Å². The Morgan fingerprint density at radius 2 is 1.96 bits per heavy atom. The van der Waals surface area contributed by atoms with E-state index in [2.05, 4.69) is 52.1 Å². The van der Waals surface area contributed by atoms with Gasteiger partial charge in [0, 0.05) is 18.3 Å². The average Bonchev–Trinajstić information content (AvgIpc) is 2.94. The number of aromatic nitrogens is 3. The molecule has 1 aromatic carbocycles. The summed E-state index contributed by atoms with van der Waals surface area (Å²) >= 11 is 0. The van der Waals surface area contributed by atoms with Crippen LogP contribution in [0.1, 0.15) is 18.4 Å². The van der Waals surface area contributed by atoms with Crippen molar-refractivity contribution in [2.45, 2.75) is 26.3 Å². The number of pyridine rings is 1. The number of hydrogen-bond acceptors (Lipinski definition) is 3. The zero-order chi connectivity index (χ0) is 15.6. The number of hydrogen-bond donors (Lipinski definition) is 1. The van der Waals surface area contributed by atoms with Crippen molar-refractivity contribution in [1.29, 1.82) is 0 Å². The van der Waals surface area contributed by atoms with Gasteiger partial charge in [0.25, 0.3) is 0 Å². The molecule has 0 atom stereocenters. The quantitative estimate of drug-likeness (QED) is 0.806. The van der Waals surface area contributed by atoms with Gasteiger partial charge in [-0.3, -0.25) is 0 Å². The standard InChI is InChI=1S/C19H22N4/c1-14-11-17-19(21-12-14)23(13-15-7-9-20-10-8-15)18(22-17)16-5-3-2-4-6-16/h2-6,11-12,15,20H,7-10,13H2,1H3. The minimum absolute atomic E-state index is 0.694. The number of aryl methyl sites for hydroxylation is 1. The average molecular weight is 306 g/mol. The predicted octanol–water partition coefficient (Wildman–Crippen LogP) is 3.41. The molecule has 0 aliphatic carbocycles. The molecular formula is C19H22N4. The van der Waals surface area contributed by atoms with Gasteiger partial charge in [-0.05, 0) is 50.4 Å². The molecule has 1 fully saturated rings. The summed E-state index contributed by atoms with van der Waals surface area (Å²) in [6.07, 6.45) is 4.39. The Balaban J connectivity index is 1.81. The van der Waals surface area contributed by atoms with Crippen LogP contribution in [0.3, 0.4) is 0 Å². The third-order valence-electron chi connectivity index (χ3n) is 4.65. The monoisotopic (exact) mass is 306 g/mol. The van der Waals surface area contributed by atoms with E-state index in [-0.39, 0.29) is 0 Å². The van der Waals surface area contributed by atoms with Crippen LogP contribution in [0, 0.1) is 12.8 Å². The van der Waals surface area contributed by atoms with Gasteiger partial charge in [-0.25, -0.2) is 9.97 Å². The molecule has 0 unspecified atom stereocenters. The van der Waals surface area contributed by atoms with Crippen LogP contribution in [0.5, 0.6) is 0 Å². The van der Waals surface area contributed by atoms with E-state index >= 15 is 0 Å². The maximum atomic E-state index is 4.89. The number of nitrogens with one attached hydrogen (secondary N) is 1. The summed E-state index contributed by atoms with van der Waals surface area (Å²) in [7, 11) is 0. The second kappa shape index (κ2) is 6.13. The Hall–Kier alpha value is -2.20. The highest BCUT2D eigenvalue weighted by Crippen LogP contribution is 2.27. The van der Waals surface area contributed by atoms with E-state index in [0.717, 1.165) is 47.7 Å². The molecule has 0 radical (unpaired) electrons. The molecule has 118 valence electrons. The van der Waals surface area contributed by atoms with Gasteiger partial charge >= 0.3 is 0 Å². The molecule has 1 N–H and O–H groups in total. The van der Waals surface area contributed by atoms with Crippen LogP contribution in [0.4, 0.5) is 0 Å². The summed E-state index contributed by atoms with van der Waals surface area (Å²) < 4.78 is 2.32. The molecule has 4 nitrogen and oxygen atoms in total. The molecule has 3 aromatic rings. The van der Waals surface area contributed by atoms with Crippen molar-refractivity contribution in [3.8, 4) is 11.4 Å². The van der Waals surface area contributed by atoms with Crippen molar-refractivity contribution in [2.24, 2.45) is 5.92 Å². The third-order valence-corrected chi connectivity index (χ3v) is 4.65. The van der Waals surface area contributed by atoms with Crippen LogP contribution in [-0.4, -0.2) is 27.6 Å². The predicted molar refractivity (Wildman–Crippen MR) is 93.3 cm³/mol. The van der Waals surface area contributed by atoms with Crippen molar-refractivity contribution in [3.05, 3.63) is 48.2 Å². The molecule has 2 aromatic heterocycles. The Labute approximate surface area is 136 Å². The van der Waals surface area contributed by atoms with E-state index in [1.165, 1.54) is 12.8 Å². The third kappa shape index (κ3) is 2.86. The smallest absolute Gasteiger partial charge is 0.160 e. The van der Waals surface area contributed by atoms with E-state index in [0.29, 0.717) is 5.92 Å². The summed E-state index contributed by atoms with van der Waals surface area (Å²) in [6.45, 7) is 5.30. The molecule has 4 rings (SSSR count). The molecule has 0 saturated carbocycles. The molecule has 1 saturated heterocycles. The minimum Gasteiger partial charge on any atom is -0.317 e. The summed E-state index contributed by atoms with van der Waals surface area (Å²) in [5, 5.41) is 3.44. The van der Waals surface area contributed by atoms with Crippen LogP contribution in [0.2, 0.25) is 0 Å². The first-order valence-electron chi connectivity index (χ1n) is 8.40. The Bertz CT molecular complexity index is 801. The van der Waals surface area contributed by atoms with Crippen LogP contribution in [-0.2, 0) is 6.54 Å². The number of rotatable bonds is 3. The SMILES string of the molecule is Cc1cnc2c(c1)nc(-c1ccccc1)n2CC1CCNCC1. The Morgan fingerprint density at radius 1 is 1.17 bits per heavy atom. The van der Waals surface area contributed by atoms with Gasteiger partial charge < -0.3 is 9.88 Å². The van der Waals surface area contributed by atoms with Crippen LogP contribution in [0.25, 0.3) is 22.6 Å². The van der Waals surface area contributed by atoms with E-state index in [1.54, 1.807) is 0 Å². The fourth-order valence-corrected chi connectivity index (χ4v) is 3.41. The molecule has 0 amide bonds. The van der Waals surface area contributed by atoms with Gasteiger partial charge in [-0.1, -0.05) is 30.3 Å². The molecular weight excluding hydrogens is 284 g/mol.